The van der Waals surface area contributed by atoms with Crippen molar-refractivity contribution in [2.24, 2.45) is 0 Å². The van der Waals surface area contributed by atoms with E-state index in [9.17, 15) is 8.78 Å². The largest absolute Gasteiger partial charge is 0.363 e. The van der Waals surface area contributed by atoms with Crippen LogP contribution >= 0.6 is 0 Å². The topological polar surface area (TPSA) is 29.5 Å². The van der Waals surface area contributed by atoms with Crippen molar-refractivity contribution >= 4 is 0 Å². The van der Waals surface area contributed by atoms with Crippen molar-refractivity contribution in [2.45, 2.75) is 26.1 Å². The van der Waals surface area contributed by atoms with Gasteiger partial charge in [-0.05, 0) is 19.9 Å². The normalized spacial score (nSPS) is 15.7. The minimum Gasteiger partial charge on any atom is -0.363 e. The van der Waals surface area contributed by atoms with Crippen LogP contribution in [0.4, 0.5) is 8.78 Å². The second-order valence-corrected chi connectivity index (χ2v) is 1.98. The quantitative estimate of drug-likeness (QED) is 0.507. The molecule has 0 aliphatic carbocycles. The van der Waals surface area contributed by atoms with E-state index in [1.54, 1.807) is 0 Å². The highest BCUT2D eigenvalue weighted by Crippen LogP contribution is 2.20. The minimum atomic E-state index is -3.29. The average molecular weight is 166 g/mol. The smallest absolute Gasteiger partial charge is 0.316 e. The summed E-state index contributed by atoms with van der Waals surface area (Å²) in [6, 6.07) is 0. The first-order chi connectivity index (χ1) is 5.04. The highest BCUT2D eigenvalue weighted by molar-refractivity contribution is 4.94. The van der Waals surface area contributed by atoms with E-state index in [1.807, 2.05) is 0 Å². The molecule has 11 heavy (non-hydrogen) atoms. The molecular weight excluding hydrogens is 154 g/mol. The summed E-state index contributed by atoms with van der Waals surface area (Å²) in [5.74, 6) is -3.29. The fourth-order valence-electron chi connectivity index (χ4n) is 0.574. The molecule has 0 bridgehead atoms. The number of rotatable bonds is 4. The van der Waals surface area contributed by atoms with E-state index in [1.165, 1.54) is 19.9 Å². The molecule has 0 spiro atoms. The zero-order valence-corrected chi connectivity index (χ0v) is 6.55. The van der Waals surface area contributed by atoms with E-state index in [-0.39, 0.29) is 6.61 Å². The Labute approximate surface area is 64.5 Å². The maximum atomic E-state index is 12.5. The van der Waals surface area contributed by atoms with Crippen molar-refractivity contribution < 1.29 is 18.6 Å². The molecular formula is C7H12F2O2. The summed E-state index contributed by atoms with van der Waals surface area (Å²) >= 11 is 0. The summed E-state index contributed by atoms with van der Waals surface area (Å²) in [6.07, 6.45) is -0.265. The number of halogens is 2. The molecule has 0 aliphatic rings. The molecule has 0 aromatic heterocycles. The van der Waals surface area contributed by atoms with E-state index < -0.39 is 12.2 Å². The zero-order valence-electron chi connectivity index (χ0n) is 6.55. The predicted octanol–water partition coefficient (Wildman–Crippen LogP) is 1.55. The molecule has 0 rings (SSSR count). The van der Waals surface area contributed by atoms with Gasteiger partial charge < -0.3 is 9.84 Å². The summed E-state index contributed by atoms with van der Waals surface area (Å²) in [6.45, 7) is 3.05. The highest BCUT2D eigenvalue weighted by Gasteiger charge is 2.35. The summed E-state index contributed by atoms with van der Waals surface area (Å²) in [4.78, 5) is 0. The lowest BCUT2D eigenvalue weighted by Crippen LogP contribution is -2.33. The lowest BCUT2D eigenvalue weighted by Gasteiger charge is -2.18. The molecule has 1 atom stereocenters. The van der Waals surface area contributed by atoms with Gasteiger partial charge in [-0.1, -0.05) is 6.08 Å². The number of allylic oxidation sites excluding steroid dienone is 1. The van der Waals surface area contributed by atoms with Gasteiger partial charge >= 0.3 is 5.92 Å². The Morgan fingerprint density at radius 3 is 2.55 bits per heavy atom. The molecule has 2 nitrogen and oxygen atoms in total. The number of aliphatic hydroxyl groups excluding tert-OH is 1. The SMILES string of the molecule is CC=CC(F)(F)C(O)OCC. The Balaban J connectivity index is 4.05. The number of hydrogen-bond acceptors (Lipinski definition) is 2. The molecule has 0 heterocycles. The van der Waals surface area contributed by atoms with E-state index in [0.717, 1.165) is 0 Å². The van der Waals surface area contributed by atoms with E-state index >= 15 is 0 Å². The second kappa shape index (κ2) is 4.41. The van der Waals surface area contributed by atoms with E-state index in [2.05, 4.69) is 4.74 Å². The number of aliphatic hydroxyl groups is 1. The fraction of sp³-hybridized carbons (Fsp3) is 0.714. The van der Waals surface area contributed by atoms with Gasteiger partial charge in [-0.2, -0.15) is 8.78 Å². The Morgan fingerprint density at radius 1 is 1.64 bits per heavy atom. The third-order valence-electron chi connectivity index (χ3n) is 1.04. The molecule has 4 heteroatoms. The number of hydrogen-bond donors (Lipinski definition) is 1. The minimum absolute atomic E-state index is 0.0638. The fourth-order valence-corrected chi connectivity index (χ4v) is 0.574. The van der Waals surface area contributed by atoms with Crippen LogP contribution in [-0.2, 0) is 4.74 Å². The molecule has 1 N–H and O–H groups in total. The molecule has 66 valence electrons. The van der Waals surface area contributed by atoms with Gasteiger partial charge in [0, 0.05) is 6.61 Å². The third kappa shape index (κ3) is 3.43. The van der Waals surface area contributed by atoms with Crippen molar-refractivity contribution in [3.05, 3.63) is 12.2 Å². The van der Waals surface area contributed by atoms with Crippen LogP contribution in [0.5, 0.6) is 0 Å². The van der Waals surface area contributed by atoms with Gasteiger partial charge in [-0.15, -0.1) is 0 Å². The first-order valence-corrected chi connectivity index (χ1v) is 3.36. The van der Waals surface area contributed by atoms with Gasteiger partial charge in [0.25, 0.3) is 0 Å². The Morgan fingerprint density at radius 2 is 2.18 bits per heavy atom. The van der Waals surface area contributed by atoms with Crippen LogP contribution < -0.4 is 0 Å². The monoisotopic (exact) mass is 166 g/mol. The standard InChI is InChI=1S/C7H12F2O2/c1-3-5-7(8,9)6(10)11-4-2/h3,5-6,10H,4H2,1-2H3. The molecule has 0 aromatic rings. The van der Waals surface area contributed by atoms with Crippen molar-refractivity contribution in [3.8, 4) is 0 Å². The van der Waals surface area contributed by atoms with Crippen LogP contribution in [-0.4, -0.2) is 23.9 Å². The molecule has 0 fully saturated rings. The second-order valence-electron chi connectivity index (χ2n) is 1.98. The molecule has 0 saturated heterocycles. The lowest BCUT2D eigenvalue weighted by molar-refractivity contribution is -0.209. The van der Waals surface area contributed by atoms with Gasteiger partial charge in [-0.3, -0.25) is 0 Å². The summed E-state index contributed by atoms with van der Waals surface area (Å²) in [5.41, 5.74) is 0. The van der Waals surface area contributed by atoms with Crippen LogP contribution in [0.15, 0.2) is 12.2 Å². The van der Waals surface area contributed by atoms with Crippen LogP contribution in [0, 0.1) is 0 Å². The van der Waals surface area contributed by atoms with E-state index in [4.69, 9.17) is 5.11 Å². The summed E-state index contributed by atoms with van der Waals surface area (Å²) < 4.78 is 29.4. The molecule has 0 radical (unpaired) electrons. The maximum absolute atomic E-state index is 12.5. The van der Waals surface area contributed by atoms with Gasteiger partial charge in [0.15, 0.2) is 0 Å². The maximum Gasteiger partial charge on any atom is 0.316 e. The van der Waals surface area contributed by atoms with Crippen molar-refractivity contribution in [3.63, 3.8) is 0 Å². The number of alkyl halides is 2. The predicted molar refractivity (Wildman–Crippen MR) is 37.4 cm³/mol. The molecule has 0 amide bonds. The first kappa shape index (κ1) is 10.5. The van der Waals surface area contributed by atoms with Crippen LogP contribution in [0.25, 0.3) is 0 Å². The Kier molecular flexibility index (Phi) is 4.22. The van der Waals surface area contributed by atoms with Crippen molar-refractivity contribution in [1.29, 1.82) is 0 Å². The van der Waals surface area contributed by atoms with Crippen molar-refractivity contribution in [2.75, 3.05) is 6.61 Å². The summed E-state index contributed by atoms with van der Waals surface area (Å²) in [5, 5.41) is 8.68. The molecule has 0 saturated carbocycles. The van der Waals surface area contributed by atoms with Gasteiger partial charge in [0.1, 0.15) is 0 Å². The Bertz CT molecular complexity index is 134. The van der Waals surface area contributed by atoms with Gasteiger partial charge in [0.2, 0.25) is 6.29 Å². The van der Waals surface area contributed by atoms with Crippen molar-refractivity contribution in [1.82, 2.24) is 0 Å². The van der Waals surface area contributed by atoms with Gasteiger partial charge in [-0.25, -0.2) is 0 Å². The van der Waals surface area contributed by atoms with Crippen LogP contribution in [0.2, 0.25) is 0 Å². The third-order valence-corrected chi connectivity index (χ3v) is 1.04. The first-order valence-electron chi connectivity index (χ1n) is 3.36. The van der Waals surface area contributed by atoms with E-state index in [0.29, 0.717) is 6.08 Å². The summed E-state index contributed by atoms with van der Waals surface area (Å²) in [7, 11) is 0. The highest BCUT2D eigenvalue weighted by atomic mass is 19.3. The molecule has 1 unspecified atom stereocenters. The average Bonchev–Trinajstić information content (AvgIpc) is 1.88. The van der Waals surface area contributed by atoms with Crippen LogP contribution in [0.1, 0.15) is 13.8 Å². The zero-order chi connectivity index (χ0) is 8.91. The number of ether oxygens (including phenoxy) is 1. The molecule has 0 aliphatic heterocycles. The van der Waals surface area contributed by atoms with Crippen LogP contribution in [0.3, 0.4) is 0 Å². The molecule has 0 aromatic carbocycles. The Hall–Kier alpha value is -0.480. The van der Waals surface area contributed by atoms with Gasteiger partial charge in [0.05, 0.1) is 0 Å². The lowest BCUT2D eigenvalue weighted by atomic mass is 10.3.